The number of aliphatic hydroxyl groups excluding tert-OH is 1. The number of carbonyl (C=O) groups excluding carboxylic acids is 1. The SMILES string of the molecule is C=C(CNCCO)C(=O)Oc1ccccc1. The van der Waals surface area contributed by atoms with Gasteiger partial charge < -0.3 is 15.2 Å². The van der Waals surface area contributed by atoms with E-state index in [4.69, 9.17) is 9.84 Å². The molecule has 0 bridgehead atoms. The minimum atomic E-state index is -0.461. The van der Waals surface area contributed by atoms with E-state index in [9.17, 15) is 4.79 Å². The number of nitrogens with one attached hydrogen (secondary N) is 1. The van der Waals surface area contributed by atoms with E-state index >= 15 is 0 Å². The molecule has 0 spiro atoms. The Bertz CT molecular complexity index is 349. The first-order chi connectivity index (χ1) is 7.74. The maximum atomic E-state index is 11.5. The highest BCUT2D eigenvalue weighted by Crippen LogP contribution is 2.09. The fraction of sp³-hybridized carbons (Fsp3) is 0.250. The molecule has 0 saturated carbocycles. The van der Waals surface area contributed by atoms with Crippen LogP contribution in [0.4, 0.5) is 0 Å². The van der Waals surface area contributed by atoms with Crippen LogP contribution < -0.4 is 10.1 Å². The molecule has 86 valence electrons. The molecule has 1 aromatic carbocycles. The number of hydrogen-bond acceptors (Lipinski definition) is 4. The third-order valence-corrected chi connectivity index (χ3v) is 1.87. The summed E-state index contributed by atoms with van der Waals surface area (Å²) in [5.41, 5.74) is 0.331. The predicted octanol–water partition coefficient (Wildman–Crippen LogP) is 0.730. The van der Waals surface area contributed by atoms with E-state index in [2.05, 4.69) is 11.9 Å². The van der Waals surface area contributed by atoms with Gasteiger partial charge in [0.25, 0.3) is 0 Å². The molecular weight excluding hydrogens is 206 g/mol. The number of aliphatic hydroxyl groups is 1. The summed E-state index contributed by atoms with van der Waals surface area (Å²) in [4.78, 5) is 11.5. The number of carbonyl (C=O) groups is 1. The number of para-hydroxylation sites is 1. The second kappa shape index (κ2) is 6.76. The summed E-state index contributed by atoms with van der Waals surface area (Å²) in [6.45, 7) is 4.37. The minimum Gasteiger partial charge on any atom is -0.423 e. The topological polar surface area (TPSA) is 58.6 Å². The van der Waals surface area contributed by atoms with E-state index in [0.717, 1.165) is 0 Å². The lowest BCUT2D eigenvalue weighted by Gasteiger charge is -2.07. The third kappa shape index (κ3) is 4.25. The molecule has 0 aromatic heterocycles. The fourth-order valence-electron chi connectivity index (χ4n) is 1.06. The van der Waals surface area contributed by atoms with Gasteiger partial charge in [-0.05, 0) is 12.1 Å². The van der Waals surface area contributed by atoms with Crippen molar-refractivity contribution in [1.29, 1.82) is 0 Å². The number of esters is 1. The molecule has 0 aliphatic rings. The van der Waals surface area contributed by atoms with Crippen molar-refractivity contribution >= 4 is 5.97 Å². The second-order valence-electron chi connectivity index (χ2n) is 3.21. The number of ether oxygens (including phenoxy) is 1. The lowest BCUT2D eigenvalue weighted by Crippen LogP contribution is -2.25. The quantitative estimate of drug-likeness (QED) is 0.322. The summed E-state index contributed by atoms with van der Waals surface area (Å²) in [6.07, 6.45) is 0. The normalized spacial score (nSPS) is 9.81. The Morgan fingerprint density at radius 2 is 2.06 bits per heavy atom. The number of hydrogen-bond donors (Lipinski definition) is 2. The first-order valence-electron chi connectivity index (χ1n) is 5.00. The second-order valence-corrected chi connectivity index (χ2v) is 3.21. The maximum Gasteiger partial charge on any atom is 0.340 e. The molecule has 0 fully saturated rings. The van der Waals surface area contributed by atoms with Crippen LogP contribution in [0.15, 0.2) is 42.5 Å². The average molecular weight is 221 g/mol. The summed E-state index contributed by atoms with van der Waals surface area (Å²) >= 11 is 0. The van der Waals surface area contributed by atoms with E-state index in [1.807, 2.05) is 6.07 Å². The van der Waals surface area contributed by atoms with Gasteiger partial charge in [-0.2, -0.15) is 0 Å². The first-order valence-corrected chi connectivity index (χ1v) is 5.00. The van der Waals surface area contributed by atoms with Gasteiger partial charge in [0.05, 0.1) is 6.61 Å². The highest BCUT2D eigenvalue weighted by atomic mass is 16.5. The molecule has 0 aliphatic carbocycles. The van der Waals surface area contributed by atoms with Crippen molar-refractivity contribution in [2.75, 3.05) is 19.7 Å². The van der Waals surface area contributed by atoms with Gasteiger partial charge in [-0.1, -0.05) is 24.8 Å². The van der Waals surface area contributed by atoms with Crippen LogP contribution in [0, 0.1) is 0 Å². The van der Waals surface area contributed by atoms with Crippen LogP contribution in [0.1, 0.15) is 0 Å². The molecule has 0 radical (unpaired) electrons. The van der Waals surface area contributed by atoms with Crippen molar-refractivity contribution in [2.45, 2.75) is 0 Å². The highest BCUT2D eigenvalue weighted by Gasteiger charge is 2.08. The van der Waals surface area contributed by atoms with Crippen molar-refractivity contribution in [2.24, 2.45) is 0 Å². The summed E-state index contributed by atoms with van der Waals surface area (Å²) < 4.78 is 5.07. The first kappa shape index (κ1) is 12.4. The molecule has 1 rings (SSSR count). The Balaban J connectivity index is 2.38. The molecule has 4 nitrogen and oxygen atoms in total. The molecule has 0 atom stereocenters. The lowest BCUT2D eigenvalue weighted by atomic mass is 10.3. The smallest absolute Gasteiger partial charge is 0.340 e. The summed E-state index contributed by atoms with van der Waals surface area (Å²) in [5.74, 6) is 0.0347. The molecule has 0 heterocycles. The Hall–Kier alpha value is -1.65. The molecule has 0 amide bonds. The van der Waals surface area contributed by atoms with Crippen molar-refractivity contribution < 1.29 is 14.6 Å². The third-order valence-electron chi connectivity index (χ3n) is 1.87. The summed E-state index contributed by atoms with van der Waals surface area (Å²) in [7, 11) is 0. The number of benzene rings is 1. The summed E-state index contributed by atoms with van der Waals surface area (Å²) in [6, 6.07) is 8.82. The Morgan fingerprint density at radius 1 is 1.38 bits per heavy atom. The van der Waals surface area contributed by atoms with Crippen LogP contribution in [-0.2, 0) is 4.79 Å². The van der Waals surface area contributed by atoms with Crippen molar-refractivity contribution in [3.05, 3.63) is 42.5 Å². The van der Waals surface area contributed by atoms with Gasteiger partial charge in [0, 0.05) is 18.7 Å². The van der Waals surface area contributed by atoms with Gasteiger partial charge in [-0.15, -0.1) is 0 Å². The fourth-order valence-corrected chi connectivity index (χ4v) is 1.06. The van der Waals surface area contributed by atoms with Gasteiger partial charge in [-0.25, -0.2) is 4.79 Å². The Labute approximate surface area is 94.6 Å². The van der Waals surface area contributed by atoms with Crippen LogP contribution in [0.25, 0.3) is 0 Å². The zero-order chi connectivity index (χ0) is 11.8. The van der Waals surface area contributed by atoms with Gasteiger partial charge in [0.1, 0.15) is 5.75 Å². The van der Waals surface area contributed by atoms with Crippen LogP contribution in [-0.4, -0.2) is 30.8 Å². The molecule has 16 heavy (non-hydrogen) atoms. The predicted molar refractivity (Wildman–Crippen MR) is 61.2 cm³/mol. The zero-order valence-electron chi connectivity index (χ0n) is 8.98. The van der Waals surface area contributed by atoms with Crippen LogP contribution in [0.3, 0.4) is 0 Å². The van der Waals surface area contributed by atoms with Crippen LogP contribution in [0.5, 0.6) is 5.75 Å². The monoisotopic (exact) mass is 221 g/mol. The van der Waals surface area contributed by atoms with Crippen LogP contribution in [0.2, 0.25) is 0 Å². The van der Waals surface area contributed by atoms with Crippen molar-refractivity contribution in [1.82, 2.24) is 5.32 Å². The molecule has 0 aliphatic heterocycles. The van der Waals surface area contributed by atoms with E-state index < -0.39 is 5.97 Å². The van der Waals surface area contributed by atoms with E-state index in [-0.39, 0.29) is 6.61 Å². The molecule has 2 N–H and O–H groups in total. The van der Waals surface area contributed by atoms with E-state index in [1.165, 1.54) is 0 Å². The molecule has 0 saturated heterocycles. The standard InChI is InChI=1S/C12H15NO3/c1-10(9-13-7-8-14)12(15)16-11-5-3-2-4-6-11/h2-6,13-14H,1,7-9H2. The summed E-state index contributed by atoms with van der Waals surface area (Å²) in [5, 5.41) is 11.4. The largest absolute Gasteiger partial charge is 0.423 e. The van der Waals surface area contributed by atoms with Crippen molar-refractivity contribution in [3.63, 3.8) is 0 Å². The Morgan fingerprint density at radius 3 is 2.69 bits per heavy atom. The lowest BCUT2D eigenvalue weighted by molar-refractivity contribution is -0.130. The average Bonchev–Trinajstić information content (AvgIpc) is 2.30. The van der Waals surface area contributed by atoms with Gasteiger partial charge in [-0.3, -0.25) is 0 Å². The highest BCUT2D eigenvalue weighted by molar-refractivity contribution is 5.89. The molecular formula is C12H15NO3. The minimum absolute atomic E-state index is 0.0288. The Kier molecular flexibility index (Phi) is 5.25. The molecule has 1 aromatic rings. The van der Waals surface area contributed by atoms with Gasteiger partial charge in [0.2, 0.25) is 0 Å². The van der Waals surface area contributed by atoms with Crippen LogP contribution >= 0.6 is 0 Å². The number of rotatable bonds is 6. The molecule has 4 heteroatoms. The molecule has 0 unspecified atom stereocenters. The van der Waals surface area contributed by atoms with E-state index in [1.54, 1.807) is 24.3 Å². The van der Waals surface area contributed by atoms with Gasteiger partial charge in [0.15, 0.2) is 0 Å². The maximum absolute atomic E-state index is 11.5. The zero-order valence-corrected chi connectivity index (χ0v) is 8.98. The van der Waals surface area contributed by atoms with E-state index in [0.29, 0.717) is 24.4 Å². The van der Waals surface area contributed by atoms with Crippen molar-refractivity contribution in [3.8, 4) is 5.75 Å². The van der Waals surface area contributed by atoms with Gasteiger partial charge >= 0.3 is 5.97 Å².